The van der Waals surface area contributed by atoms with E-state index in [4.69, 9.17) is 19.3 Å². The van der Waals surface area contributed by atoms with Crippen LogP contribution in [0.4, 0.5) is 0 Å². The Morgan fingerprint density at radius 2 is 1.95 bits per heavy atom. The third-order valence-corrected chi connectivity index (χ3v) is 4.04. The van der Waals surface area contributed by atoms with E-state index in [-0.39, 0.29) is 6.61 Å². The molecule has 0 spiro atoms. The predicted octanol–water partition coefficient (Wildman–Crippen LogP) is 3.35. The molecule has 1 aromatic carbocycles. The normalized spacial score (nSPS) is 15.7. The number of aliphatic hydroxyl groups excluding tert-OH is 1. The lowest BCUT2D eigenvalue weighted by molar-refractivity contribution is 0.142. The Kier molecular flexibility index (Phi) is 7.54. The van der Waals surface area contributed by atoms with Crippen LogP contribution in [-0.2, 0) is 11.2 Å². The average molecular weight is 308 g/mol. The van der Waals surface area contributed by atoms with Gasteiger partial charge >= 0.3 is 0 Å². The Morgan fingerprint density at radius 3 is 2.68 bits per heavy atom. The molecule has 1 fully saturated rings. The van der Waals surface area contributed by atoms with Gasteiger partial charge in [-0.3, -0.25) is 0 Å². The van der Waals surface area contributed by atoms with Crippen LogP contribution < -0.4 is 9.47 Å². The Labute approximate surface area is 133 Å². The molecule has 2 rings (SSSR count). The Balaban J connectivity index is 2.04. The van der Waals surface area contributed by atoms with Crippen LogP contribution in [0.5, 0.6) is 11.5 Å². The minimum atomic E-state index is 0.203. The van der Waals surface area contributed by atoms with Gasteiger partial charge < -0.3 is 19.3 Å². The molecule has 0 unspecified atom stereocenters. The topological polar surface area (TPSA) is 47.9 Å². The van der Waals surface area contributed by atoms with E-state index in [9.17, 15) is 0 Å². The largest absolute Gasteiger partial charge is 0.491 e. The van der Waals surface area contributed by atoms with Crippen molar-refractivity contribution in [2.75, 3.05) is 26.9 Å². The second kappa shape index (κ2) is 9.70. The van der Waals surface area contributed by atoms with E-state index < -0.39 is 0 Å². The first-order valence-corrected chi connectivity index (χ1v) is 8.35. The first-order chi connectivity index (χ1) is 10.8. The van der Waals surface area contributed by atoms with Crippen molar-refractivity contribution in [2.24, 2.45) is 0 Å². The number of aliphatic hydroxyl groups is 1. The first-order valence-electron chi connectivity index (χ1n) is 8.35. The van der Waals surface area contributed by atoms with Crippen LogP contribution >= 0.6 is 0 Å². The average Bonchev–Trinajstić information content (AvgIpc) is 2.55. The van der Waals surface area contributed by atoms with E-state index >= 15 is 0 Å². The summed E-state index contributed by atoms with van der Waals surface area (Å²) >= 11 is 0. The summed E-state index contributed by atoms with van der Waals surface area (Å²) in [7, 11) is 1.67. The number of benzene rings is 1. The number of rotatable bonds is 9. The number of methoxy groups -OCH3 is 1. The lowest BCUT2D eigenvalue weighted by atomic mass is 9.97. The third kappa shape index (κ3) is 5.50. The molecule has 1 aromatic rings. The van der Waals surface area contributed by atoms with Gasteiger partial charge in [0.2, 0.25) is 0 Å². The molecule has 0 aromatic heterocycles. The maximum atomic E-state index is 9.06. The van der Waals surface area contributed by atoms with Crippen molar-refractivity contribution in [3.8, 4) is 11.5 Å². The molecule has 1 aliphatic carbocycles. The fraction of sp³-hybridized carbons (Fsp3) is 0.667. The number of hydrogen-bond donors (Lipinski definition) is 1. The van der Waals surface area contributed by atoms with E-state index in [0.717, 1.165) is 42.7 Å². The van der Waals surface area contributed by atoms with Crippen molar-refractivity contribution >= 4 is 0 Å². The van der Waals surface area contributed by atoms with Gasteiger partial charge in [-0.2, -0.15) is 0 Å². The van der Waals surface area contributed by atoms with E-state index in [1.54, 1.807) is 7.11 Å². The highest BCUT2D eigenvalue weighted by Gasteiger charge is 2.17. The minimum Gasteiger partial charge on any atom is -0.491 e. The van der Waals surface area contributed by atoms with Gasteiger partial charge in [-0.1, -0.05) is 12.5 Å². The summed E-state index contributed by atoms with van der Waals surface area (Å²) in [5.41, 5.74) is 1.15. The molecule has 4 nitrogen and oxygen atoms in total. The maximum Gasteiger partial charge on any atom is 0.126 e. The smallest absolute Gasteiger partial charge is 0.126 e. The van der Waals surface area contributed by atoms with Crippen LogP contribution in [0.1, 0.15) is 44.1 Å². The van der Waals surface area contributed by atoms with E-state index in [1.165, 1.54) is 19.3 Å². The van der Waals surface area contributed by atoms with Crippen LogP contribution in [0.25, 0.3) is 0 Å². The Hall–Kier alpha value is -1.26. The lowest BCUT2D eigenvalue weighted by Gasteiger charge is -2.24. The van der Waals surface area contributed by atoms with E-state index in [0.29, 0.717) is 19.3 Å². The molecule has 1 aliphatic rings. The summed E-state index contributed by atoms with van der Waals surface area (Å²) in [6, 6.07) is 6.00. The highest BCUT2D eigenvalue weighted by atomic mass is 16.5. The summed E-state index contributed by atoms with van der Waals surface area (Å²) in [5, 5.41) is 9.06. The van der Waals surface area contributed by atoms with Crippen molar-refractivity contribution in [3.05, 3.63) is 23.8 Å². The molecule has 0 radical (unpaired) electrons. The molecule has 0 aliphatic heterocycles. The van der Waals surface area contributed by atoms with Gasteiger partial charge in [0, 0.05) is 19.8 Å². The summed E-state index contributed by atoms with van der Waals surface area (Å²) < 4.78 is 16.9. The first kappa shape index (κ1) is 17.1. The van der Waals surface area contributed by atoms with Gasteiger partial charge in [0.1, 0.15) is 18.1 Å². The van der Waals surface area contributed by atoms with Crippen molar-refractivity contribution in [2.45, 2.75) is 51.0 Å². The van der Waals surface area contributed by atoms with E-state index in [1.807, 2.05) is 12.1 Å². The number of aryl methyl sites for hydroxylation is 1. The molecule has 1 N–H and O–H groups in total. The molecule has 0 atom stereocenters. The van der Waals surface area contributed by atoms with Crippen molar-refractivity contribution in [1.29, 1.82) is 0 Å². The molecule has 0 saturated heterocycles. The van der Waals surface area contributed by atoms with Crippen molar-refractivity contribution in [1.82, 2.24) is 0 Å². The summed E-state index contributed by atoms with van der Waals surface area (Å²) in [5.74, 6) is 1.73. The highest BCUT2D eigenvalue weighted by Crippen LogP contribution is 2.30. The zero-order valence-corrected chi connectivity index (χ0v) is 13.6. The number of hydrogen-bond acceptors (Lipinski definition) is 4. The molecule has 4 heteroatoms. The van der Waals surface area contributed by atoms with Crippen LogP contribution in [0.15, 0.2) is 18.2 Å². The predicted molar refractivity (Wildman–Crippen MR) is 86.7 cm³/mol. The fourth-order valence-corrected chi connectivity index (χ4v) is 2.82. The quantitative estimate of drug-likeness (QED) is 0.711. The van der Waals surface area contributed by atoms with Crippen molar-refractivity contribution in [3.63, 3.8) is 0 Å². The molecule has 0 bridgehead atoms. The van der Waals surface area contributed by atoms with Crippen LogP contribution in [0.2, 0.25) is 0 Å². The summed E-state index contributed by atoms with van der Waals surface area (Å²) in [4.78, 5) is 0. The minimum absolute atomic E-state index is 0.203. The van der Waals surface area contributed by atoms with Crippen LogP contribution in [0, 0.1) is 0 Å². The molecular formula is C18H28O4. The van der Waals surface area contributed by atoms with Crippen LogP contribution in [-0.4, -0.2) is 38.1 Å². The van der Waals surface area contributed by atoms with Gasteiger partial charge in [0.25, 0.3) is 0 Å². The number of ether oxygens (including phenoxy) is 3. The summed E-state index contributed by atoms with van der Waals surface area (Å²) in [6.45, 7) is 1.31. The fourth-order valence-electron chi connectivity index (χ4n) is 2.82. The molecule has 0 amide bonds. The lowest BCUT2D eigenvalue weighted by Crippen LogP contribution is -2.20. The molecule has 1 saturated carbocycles. The second-order valence-corrected chi connectivity index (χ2v) is 5.82. The Bertz CT molecular complexity index is 427. The molecule has 22 heavy (non-hydrogen) atoms. The summed E-state index contributed by atoms with van der Waals surface area (Å²) in [6.07, 6.45) is 7.99. The SMILES string of the molecule is COCCOc1ccc(CCCO)c(OC2CCCCC2)c1. The zero-order chi connectivity index (χ0) is 15.6. The van der Waals surface area contributed by atoms with Gasteiger partial charge in [-0.15, -0.1) is 0 Å². The molecule has 124 valence electrons. The second-order valence-electron chi connectivity index (χ2n) is 5.82. The Morgan fingerprint density at radius 1 is 1.14 bits per heavy atom. The van der Waals surface area contributed by atoms with Gasteiger partial charge in [-0.05, 0) is 50.2 Å². The van der Waals surface area contributed by atoms with Crippen molar-refractivity contribution < 1.29 is 19.3 Å². The monoisotopic (exact) mass is 308 g/mol. The van der Waals surface area contributed by atoms with E-state index in [2.05, 4.69) is 6.07 Å². The highest BCUT2D eigenvalue weighted by molar-refractivity contribution is 5.41. The maximum absolute atomic E-state index is 9.06. The third-order valence-electron chi connectivity index (χ3n) is 4.04. The van der Waals surface area contributed by atoms with Gasteiger partial charge in [0.15, 0.2) is 0 Å². The van der Waals surface area contributed by atoms with Gasteiger partial charge in [-0.25, -0.2) is 0 Å². The standard InChI is InChI=1S/C18H28O4/c1-20-12-13-21-17-10-9-15(6-5-11-19)18(14-17)22-16-7-3-2-4-8-16/h9-10,14,16,19H,2-8,11-13H2,1H3. The van der Waals surface area contributed by atoms with Gasteiger partial charge in [0.05, 0.1) is 12.7 Å². The molecule has 0 heterocycles. The zero-order valence-electron chi connectivity index (χ0n) is 13.6. The molecular weight excluding hydrogens is 280 g/mol. The van der Waals surface area contributed by atoms with Crippen LogP contribution in [0.3, 0.4) is 0 Å².